The summed E-state index contributed by atoms with van der Waals surface area (Å²) >= 11 is 2.88. The summed E-state index contributed by atoms with van der Waals surface area (Å²) in [4.78, 5) is 11.3. The van der Waals surface area contributed by atoms with E-state index in [1.807, 2.05) is 0 Å². The molecule has 0 spiro atoms. The van der Waals surface area contributed by atoms with Crippen LogP contribution in [0.5, 0.6) is 0 Å². The Hall–Kier alpha value is -0.720. The number of halogens is 4. The average Bonchev–Trinajstić information content (AvgIpc) is 2.54. The smallest absolute Gasteiger partial charge is 0.277 e. The largest absolute Gasteiger partial charge is 0.424 e. The fourth-order valence-corrected chi connectivity index (χ4v) is 3.09. The van der Waals surface area contributed by atoms with Crippen LogP contribution >= 0.6 is 15.9 Å². The summed E-state index contributed by atoms with van der Waals surface area (Å²) < 4.78 is 39.0. The maximum absolute atomic E-state index is 12.6. The summed E-state index contributed by atoms with van der Waals surface area (Å²) in [5, 5.41) is 2.26. The number of hydrogen-bond donors (Lipinski definition) is 1. The van der Waals surface area contributed by atoms with E-state index in [1.54, 1.807) is 0 Å². The third-order valence-corrected chi connectivity index (χ3v) is 4.18. The highest BCUT2D eigenvalue weighted by atomic mass is 79.9. The lowest BCUT2D eigenvalue weighted by Crippen LogP contribution is -2.17. The Balaban J connectivity index is 2.22. The Labute approximate surface area is 110 Å². The van der Waals surface area contributed by atoms with Crippen LogP contribution in [-0.4, -0.2) is 9.78 Å². The molecule has 1 N–H and O–H groups in total. The molecule has 102 valence electrons. The van der Waals surface area contributed by atoms with E-state index in [4.69, 9.17) is 0 Å². The van der Waals surface area contributed by atoms with E-state index in [-0.39, 0.29) is 4.60 Å². The van der Waals surface area contributed by atoms with Gasteiger partial charge in [0.05, 0.1) is 0 Å². The zero-order valence-corrected chi connectivity index (χ0v) is 11.3. The molecule has 18 heavy (non-hydrogen) atoms. The molecule has 1 saturated carbocycles. The monoisotopic (exact) mass is 326 g/mol. The quantitative estimate of drug-likeness (QED) is 0.886. The van der Waals surface area contributed by atoms with Crippen LogP contribution in [0.3, 0.4) is 0 Å². The number of hydrogen-bond acceptors (Lipinski definition) is 1. The number of H-pyrrole nitrogens is 1. The summed E-state index contributed by atoms with van der Waals surface area (Å²) in [5.74, 6) is 0.346. The van der Waals surface area contributed by atoms with Crippen molar-refractivity contribution in [3.05, 3.63) is 20.5 Å². The van der Waals surface area contributed by atoms with Gasteiger partial charge < -0.3 is 0 Å². The lowest BCUT2D eigenvalue weighted by Gasteiger charge is -2.22. The Morgan fingerprint density at radius 1 is 1.28 bits per heavy atom. The Morgan fingerprint density at radius 2 is 1.89 bits per heavy atom. The molecule has 0 aliphatic heterocycles. The van der Waals surface area contributed by atoms with Crippen LogP contribution in [0.25, 0.3) is 0 Å². The van der Waals surface area contributed by atoms with Gasteiger partial charge in [-0.15, -0.1) is 0 Å². The van der Waals surface area contributed by atoms with E-state index in [0.717, 1.165) is 25.7 Å². The maximum Gasteiger partial charge on any atom is 0.424 e. The Morgan fingerprint density at radius 3 is 2.39 bits per heavy atom. The molecular formula is C11H14BrF3N2O. The van der Waals surface area contributed by atoms with Crippen LogP contribution in [-0.2, 0) is 12.7 Å². The minimum absolute atomic E-state index is 0.189. The first-order valence-corrected chi connectivity index (χ1v) is 6.74. The first-order valence-electron chi connectivity index (χ1n) is 5.95. The molecule has 0 aromatic carbocycles. The highest BCUT2D eigenvalue weighted by Gasteiger charge is 2.39. The van der Waals surface area contributed by atoms with Crippen LogP contribution in [0.1, 0.15) is 37.7 Å². The lowest BCUT2D eigenvalue weighted by molar-refractivity contribution is -0.139. The van der Waals surface area contributed by atoms with E-state index in [2.05, 4.69) is 21.0 Å². The van der Waals surface area contributed by atoms with Crippen molar-refractivity contribution in [3.8, 4) is 0 Å². The molecule has 1 aromatic heterocycles. The van der Waals surface area contributed by atoms with Crippen molar-refractivity contribution in [2.75, 3.05) is 0 Å². The average molecular weight is 327 g/mol. The summed E-state index contributed by atoms with van der Waals surface area (Å²) in [6, 6.07) is 0. The van der Waals surface area contributed by atoms with Gasteiger partial charge in [0.1, 0.15) is 4.60 Å². The molecule has 0 unspecified atom stereocenters. The molecule has 1 aliphatic rings. The van der Waals surface area contributed by atoms with Gasteiger partial charge in [-0.2, -0.15) is 13.2 Å². The van der Waals surface area contributed by atoms with Crippen molar-refractivity contribution in [2.24, 2.45) is 5.92 Å². The number of aromatic nitrogens is 2. The standard InChI is InChI=1S/C11H14BrF3N2O/c12-9-8(11(13,14)15)10(18)16-17(9)6-7-4-2-1-3-5-7/h7H,1-6H2,(H,16,18). The molecule has 0 bridgehead atoms. The van der Waals surface area contributed by atoms with Crippen LogP contribution in [0.2, 0.25) is 0 Å². The topological polar surface area (TPSA) is 37.8 Å². The minimum atomic E-state index is -4.62. The Bertz CT molecular complexity index is 472. The summed E-state index contributed by atoms with van der Waals surface area (Å²) in [6.07, 6.45) is 0.805. The number of nitrogens with one attached hydrogen (secondary N) is 1. The van der Waals surface area contributed by atoms with Gasteiger partial charge >= 0.3 is 6.18 Å². The van der Waals surface area contributed by atoms with E-state index in [1.165, 1.54) is 11.1 Å². The molecule has 0 atom stereocenters. The van der Waals surface area contributed by atoms with Gasteiger partial charge in [-0.05, 0) is 34.7 Å². The summed E-state index contributed by atoms with van der Waals surface area (Å²) in [7, 11) is 0. The van der Waals surface area contributed by atoms with E-state index < -0.39 is 17.3 Å². The second-order valence-corrected chi connectivity index (χ2v) is 5.47. The molecule has 7 heteroatoms. The number of nitrogens with zero attached hydrogens (tertiary/aromatic N) is 1. The van der Waals surface area contributed by atoms with Crippen molar-refractivity contribution < 1.29 is 13.2 Å². The van der Waals surface area contributed by atoms with E-state index in [9.17, 15) is 18.0 Å². The van der Waals surface area contributed by atoms with Crippen LogP contribution < -0.4 is 5.56 Å². The van der Waals surface area contributed by atoms with Crippen molar-refractivity contribution in [2.45, 2.75) is 44.8 Å². The van der Waals surface area contributed by atoms with Gasteiger partial charge in [-0.25, -0.2) is 0 Å². The number of rotatable bonds is 2. The van der Waals surface area contributed by atoms with Crippen molar-refractivity contribution in [1.29, 1.82) is 0 Å². The number of alkyl halides is 3. The molecular weight excluding hydrogens is 313 g/mol. The van der Waals surface area contributed by atoms with Gasteiger partial charge in [0, 0.05) is 6.54 Å². The summed E-state index contributed by atoms with van der Waals surface area (Å²) in [5.41, 5.74) is -2.22. The molecule has 2 rings (SSSR count). The second kappa shape index (κ2) is 5.11. The van der Waals surface area contributed by atoms with Gasteiger partial charge in [0.25, 0.3) is 5.56 Å². The predicted octanol–water partition coefficient (Wildman–Crippen LogP) is 3.54. The molecule has 0 saturated heterocycles. The summed E-state index contributed by atoms with van der Waals surface area (Å²) in [6.45, 7) is 0.436. The molecule has 1 aromatic rings. The third kappa shape index (κ3) is 2.81. The number of aromatic amines is 1. The molecule has 0 amide bonds. The molecule has 3 nitrogen and oxygen atoms in total. The van der Waals surface area contributed by atoms with E-state index in [0.29, 0.717) is 12.5 Å². The zero-order chi connectivity index (χ0) is 13.3. The van der Waals surface area contributed by atoms with Gasteiger partial charge in [-0.1, -0.05) is 19.3 Å². The molecule has 0 radical (unpaired) electrons. The normalized spacial score (nSPS) is 18.2. The first kappa shape index (κ1) is 13.7. The first-order chi connectivity index (χ1) is 8.39. The van der Waals surface area contributed by atoms with Crippen LogP contribution in [0.4, 0.5) is 13.2 Å². The zero-order valence-electron chi connectivity index (χ0n) is 9.69. The minimum Gasteiger partial charge on any atom is -0.277 e. The van der Waals surface area contributed by atoms with Gasteiger partial charge in [0.2, 0.25) is 0 Å². The Kier molecular flexibility index (Phi) is 3.89. The predicted molar refractivity (Wildman–Crippen MR) is 64.3 cm³/mol. The van der Waals surface area contributed by atoms with Gasteiger partial charge in [-0.3, -0.25) is 14.6 Å². The van der Waals surface area contributed by atoms with Crippen molar-refractivity contribution in [3.63, 3.8) is 0 Å². The lowest BCUT2D eigenvalue weighted by atomic mass is 9.89. The highest BCUT2D eigenvalue weighted by Crippen LogP contribution is 2.33. The molecule has 1 fully saturated rings. The van der Waals surface area contributed by atoms with Gasteiger partial charge in [0.15, 0.2) is 5.56 Å². The van der Waals surface area contributed by atoms with Crippen molar-refractivity contribution >= 4 is 15.9 Å². The molecule has 1 heterocycles. The maximum atomic E-state index is 12.6. The second-order valence-electron chi connectivity index (χ2n) is 4.72. The fourth-order valence-electron chi connectivity index (χ4n) is 2.46. The van der Waals surface area contributed by atoms with Crippen LogP contribution in [0.15, 0.2) is 9.40 Å². The van der Waals surface area contributed by atoms with Crippen LogP contribution in [0, 0.1) is 5.92 Å². The molecule has 1 aliphatic carbocycles. The highest BCUT2D eigenvalue weighted by molar-refractivity contribution is 9.10. The van der Waals surface area contributed by atoms with E-state index >= 15 is 0 Å². The van der Waals surface area contributed by atoms with Crippen molar-refractivity contribution in [1.82, 2.24) is 9.78 Å². The third-order valence-electron chi connectivity index (χ3n) is 3.36. The fraction of sp³-hybridized carbons (Fsp3) is 0.727. The SMILES string of the molecule is O=c1[nH]n(CC2CCCCC2)c(Br)c1C(F)(F)F.